The van der Waals surface area contributed by atoms with Gasteiger partial charge in [0.1, 0.15) is 11.8 Å². The van der Waals surface area contributed by atoms with Gasteiger partial charge in [0.25, 0.3) is 0 Å². The standard InChI is InChI=1S/C26H29ClN4O2/c1-2-19-6-8-20(9-7-19)24(31-14-4-3-5-15-31)17-29-26-23(16-28)30-25(33-26)18-32-22-12-10-21(27)11-13-22/h6-13,24,29H,2-5,14-15,17-18H2,1H3/t24-/m0/s1. The van der Waals surface area contributed by atoms with Crippen molar-refractivity contribution in [3.05, 3.63) is 76.3 Å². The second-order valence-electron chi connectivity index (χ2n) is 8.23. The molecule has 1 fully saturated rings. The van der Waals surface area contributed by atoms with Crippen molar-refractivity contribution < 1.29 is 9.15 Å². The topological polar surface area (TPSA) is 74.3 Å². The number of likely N-dealkylation sites (tertiary alicyclic amines) is 1. The van der Waals surface area contributed by atoms with E-state index in [1.165, 1.54) is 30.4 Å². The molecule has 1 aliphatic rings. The molecule has 1 saturated heterocycles. The van der Waals surface area contributed by atoms with Crippen molar-refractivity contribution >= 4 is 17.5 Å². The summed E-state index contributed by atoms with van der Waals surface area (Å²) >= 11 is 5.91. The average molecular weight is 465 g/mol. The van der Waals surface area contributed by atoms with E-state index in [4.69, 9.17) is 20.8 Å². The molecule has 0 saturated carbocycles. The molecule has 0 unspecified atom stereocenters. The first kappa shape index (κ1) is 23.2. The fourth-order valence-electron chi connectivity index (χ4n) is 4.15. The summed E-state index contributed by atoms with van der Waals surface area (Å²) in [5.74, 6) is 1.40. The largest absolute Gasteiger partial charge is 0.484 e. The van der Waals surface area contributed by atoms with Crippen molar-refractivity contribution in [1.29, 1.82) is 5.26 Å². The highest BCUT2D eigenvalue weighted by atomic mass is 35.5. The minimum Gasteiger partial charge on any atom is -0.484 e. The van der Waals surface area contributed by atoms with Crippen molar-refractivity contribution in [3.63, 3.8) is 0 Å². The number of nitrogens with one attached hydrogen (secondary N) is 1. The maximum atomic E-state index is 9.56. The number of benzene rings is 2. The van der Waals surface area contributed by atoms with E-state index in [-0.39, 0.29) is 18.3 Å². The molecule has 7 heteroatoms. The number of anilines is 1. The van der Waals surface area contributed by atoms with E-state index in [0.29, 0.717) is 29.1 Å². The molecule has 2 heterocycles. The van der Waals surface area contributed by atoms with E-state index >= 15 is 0 Å². The molecule has 0 aliphatic carbocycles. The Morgan fingerprint density at radius 1 is 1.12 bits per heavy atom. The van der Waals surface area contributed by atoms with Crippen LogP contribution in [0.4, 0.5) is 5.88 Å². The number of nitrogens with zero attached hydrogens (tertiary/aromatic N) is 3. The van der Waals surface area contributed by atoms with Gasteiger partial charge < -0.3 is 14.5 Å². The smallest absolute Gasteiger partial charge is 0.236 e. The highest BCUT2D eigenvalue weighted by Crippen LogP contribution is 2.27. The lowest BCUT2D eigenvalue weighted by Crippen LogP contribution is -2.37. The molecule has 1 atom stereocenters. The Labute approximate surface area is 200 Å². The zero-order chi connectivity index (χ0) is 23.0. The van der Waals surface area contributed by atoms with Crippen LogP contribution in [0.25, 0.3) is 0 Å². The van der Waals surface area contributed by atoms with Crippen LogP contribution in [-0.2, 0) is 13.0 Å². The molecule has 0 spiro atoms. The van der Waals surface area contributed by atoms with E-state index < -0.39 is 0 Å². The summed E-state index contributed by atoms with van der Waals surface area (Å²) in [6.45, 7) is 5.08. The Hall–Kier alpha value is -3.01. The molecular formula is C26H29ClN4O2. The number of nitriles is 1. The van der Waals surface area contributed by atoms with Gasteiger partial charge in [-0.2, -0.15) is 10.2 Å². The number of rotatable bonds is 9. The third-order valence-corrected chi connectivity index (χ3v) is 6.27. The van der Waals surface area contributed by atoms with E-state index in [1.54, 1.807) is 24.3 Å². The first-order chi connectivity index (χ1) is 16.2. The molecule has 0 amide bonds. The fourth-order valence-corrected chi connectivity index (χ4v) is 4.28. The summed E-state index contributed by atoms with van der Waals surface area (Å²) < 4.78 is 11.6. The van der Waals surface area contributed by atoms with Crippen molar-refractivity contribution in [1.82, 2.24) is 9.88 Å². The lowest BCUT2D eigenvalue weighted by atomic mass is 10.00. The first-order valence-electron chi connectivity index (χ1n) is 11.5. The Morgan fingerprint density at radius 2 is 1.85 bits per heavy atom. The minimum atomic E-state index is 0.131. The Morgan fingerprint density at radius 3 is 2.52 bits per heavy atom. The second-order valence-corrected chi connectivity index (χ2v) is 8.66. The molecule has 3 aromatic rings. The van der Waals surface area contributed by atoms with Crippen LogP contribution >= 0.6 is 11.6 Å². The number of aromatic nitrogens is 1. The van der Waals surface area contributed by atoms with Crippen molar-refractivity contribution in [2.45, 2.75) is 45.3 Å². The van der Waals surface area contributed by atoms with Crippen LogP contribution in [0.2, 0.25) is 5.02 Å². The summed E-state index contributed by atoms with van der Waals surface area (Å²) in [7, 11) is 0. The van der Waals surface area contributed by atoms with Gasteiger partial charge in [0.15, 0.2) is 6.61 Å². The van der Waals surface area contributed by atoms with E-state index in [0.717, 1.165) is 19.5 Å². The minimum absolute atomic E-state index is 0.131. The van der Waals surface area contributed by atoms with Gasteiger partial charge in [0.05, 0.1) is 6.04 Å². The molecule has 33 heavy (non-hydrogen) atoms. The van der Waals surface area contributed by atoms with E-state index in [1.807, 2.05) is 0 Å². The number of halogens is 1. The van der Waals surface area contributed by atoms with Gasteiger partial charge in [-0.05, 0) is 67.7 Å². The van der Waals surface area contributed by atoms with Crippen molar-refractivity contribution in [2.24, 2.45) is 0 Å². The van der Waals surface area contributed by atoms with Crippen molar-refractivity contribution in [3.8, 4) is 11.8 Å². The molecule has 172 valence electrons. The van der Waals surface area contributed by atoms with Crippen LogP contribution < -0.4 is 10.1 Å². The molecule has 1 N–H and O–H groups in total. The van der Waals surface area contributed by atoms with Crippen LogP contribution in [0.1, 0.15) is 54.9 Å². The summed E-state index contributed by atoms with van der Waals surface area (Å²) in [6, 6.07) is 18.2. The van der Waals surface area contributed by atoms with Crippen LogP contribution in [0, 0.1) is 11.3 Å². The molecule has 0 radical (unpaired) electrons. The van der Waals surface area contributed by atoms with E-state index in [9.17, 15) is 5.26 Å². The van der Waals surface area contributed by atoms with Crippen LogP contribution in [0.5, 0.6) is 5.75 Å². The van der Waals surface area contributed by atoms with E-state index in [2.05, 4.69) is 52.5 Å². The average Bonchev–Trinajstić information content (AvgIpc) is 3.27. The van der Waals surface area contributed by atoms with Crippen LogP contribution in [-0.4, -0.2) is 29.5 Å². The lowest BCUT2D eigenvalue weighted by Gasteiger charge is -2.35. The fraction of sp³-hybridized carbons (Fsp3) is 0.385. The molecular weight excluding hydrogens is 436 g/mol. The zero-order valence-corrected chi connectivity index (χ0v) is 19.6. The Balaban J connectivity index is 1.46. The lowest BCUT2D eigenvalue weighted by molar-refractivity contribution is 0.170. The van der Waals surface area contributed by atoms with Gasteiger partial charge >= 0.3 is 0 Å². The molecule has 6 nitrogen and oxygen atoms in total. The highest BCUT2D eigenvalue weighted by Gasteiger charge is 2.24. The monoisotopic (exact) mass is 464 g/mol. The van der Waals surface area contributed by atoms with Crippen molar-refractivity contribution in [2.75, 3.05) is 25.0 Å². The Bertz CT molecular complexity index is 1070. The first-order valence-corrected chi connectivity index (χ1v) is 11.9. The number of hydrogen-bond acceptors (Lipinski definition) is 6. The zero-order valence-electron chi connectivity index (χ0n) is 18.9. The number of piperidine rings is 1. The molecule has 1 aliphatic heterocycles. The van der Waals surface area contributed by atoms with Crippen LogP contribution in [0.15, 0.2) is 52.9 Å². The maximum Gasteiger partial charge on any atom is 0.236 e. The van der Waals surface area contributed by atoms with Gasteiger partial charge in [0.2, 0.25) is 17.5 Å². The van der Waals surface area contributed by atoms with Gasteiger partial charge in [-0.3, -0.25) is 4.90 Å². The second kappa shape index (κ2) is 11.2. The summed E-state index contributed by atoms with van der Waals surface area (Å²) in [6.07, 6.45) is 4.73. The van der Waals surface area contributed by atoms with Gasteiger partial charge in [-0.25, -0.2) is 0 Å². The molecule has 2 aromatic carbocycles. The van der Waals surface area contributed by atoms with Gasteiger partial charge in [0, 0.05) is 11.6 Å². The quantitative estimate of drug-likeness (QED) is 0.420. The number of oxazole rings is 1. The Kier molecular flexibility index (Phi) is 7.87. The summed E-state index contributed by atoms with van der Waals surface area (Å²) in [5.41, 5.74) is 2.84. The maximum absolute atomic E-state index is 9.56. The number of hydrogen-bond donors (Lipinski definition) is 1. The van der Waals surface area contributed by atoms with Crippen LogP contribution in [0.3, 0.4) is 0 Å². The summed E-state index contributed by atoms with van der Waals surface area (Å²) in [4.78, 5) is 6.81. The SMILES string of the molecule is CCc1ccc([C@H](CNc2oc(COc3ccc(Cl)cc3)nc2C#N)N2CCCCC2)cc1. The summed E-state index contributed by atoms with van der Waals surface area (Å²) in [5, 5.41) is 13.5. The van der Waals surface area contributed by atoms with Gasteiger partial charge in [-0.15, -0.1) is 0 Å². The normalized spacial score (nSPS) is 15.1. The third-order valence-electron chi connectivity index (χ3n) is 6.01. The predicted octanol–water partition coefficient (Wildman–Crippen LogP) is 5.98. The molecule has 1 aromatic heterocycles. The highest BCUT2D eigenvalue weighted by molar-refractivity contribution is 6.30. The third kappa shape index (κ3) is 6.07. The number of ether oxygens (including phenoxy) is 1. The van der Waals surface area contributed by atoms with Gasteiger partial charge in [-0.1, -0.05) is 49.2 Å². The predicted molar refractivity (Wildman–Crippen MR) is 129 cm³/mol. The molecule has 4 rings (SSSR count). The molecule has 0 bridgehead atoms. The number of aryl methyl sites for hydroxylation is 1.